The monoisotopic (exact) mass is 666 g/mol. The summed E-state index contributed by atoms with van der Waals surface area (Å²) in [6, 6.07) is 24.8. The van der Waals surface area contributed by atoms with Crippen LogP contribution in [0.2, 0.25) is 0 Å². The Kier molecular flexibility index (Phi) is 13.2. The Morgan fingerprint density at radius 2 is 1.04 bits per heavy atom. The molecule has 0 saturated heterocycles. The molecule has 0 fully saturated rings. The van der Waals surface area contributed by atoms with E-state index >= 15 is 0 Å². The number of hydrogen-bond acceptors (Lipinski definition) is 11. The van der Waals surface area contributed by atoms with E-state index in [1.54, 1.807) is 49.4 Å². The highest BCUT2D eigenvalue weighted by Crippen LogP contribution is 2.25. The average molecular weight is 667 g/mol. The quantitative estimate of drug-likeness (QED) is 0.0410. The van der Waals surface area contributed by atoms with Crippen molar-refractivity contribution in [2.45, 2.75) is 32.6 Å². The van der Waals surface area contributed by atoms with Crippen LogP contribution in [0.25, 0.3) is 0 Å². The summed E-state index contributed by atoms with van der Waals surface area (Å²) in [5.74, 6) is -1.26. The van der Waals surface area contributed by atoms with Crippen molar-refractivity contribution in [2.75, 3.05) is 13.2 Å². The summed E-state index contributed by atoms with van der Waals surface area (Å²) in [6.45, 7) is 5.54. The Morgan fingerprint density at radius 3 is 1.61 bits per heavy atom. The predicted molar refractivity (Wildman–Crippen MR) is 177 cm³/mol. The van der Waals surface area contributed by atoms with E-state index < -0.39 is 30.0 Å². The first-order valence-corrected chi connectivity index (χ1v) is 15.4. The topological polar surface area (TPSA) is 141 Å². The van der Waals surface area contributed by atoms with Gasteiger partial charge in [-0.3, -0.25) is 0 Å². The summed E-state index contributed by atoms with van der Waals surface area (Å²) in [5, 5.41) is 0. The first-order valence-electron chi connectivity index (χ1n) is 15.4. The van der Waals surface area contributed by atoms with E-state index in [1.807, 2.05) is 0 Å². The van der Waals surface area contributed by atoms with E-state index in [9.17, 15) is 24.0 Å². The number of esters is 4. The van der Waals surface area contributed by atoms with E-state index in [0.717, 1.165) is 18.9 Å². The number of ether oxygens (including phenoxy) is 6. The molecule has 0 bridgehead atoms. The minimum Gasteiger partial charge on any atom is -0.463 e. The Hall–Kier alpha value is -6.23. The van der Waals surface area contributed by atoms with Gasteiger partial charge in [-0.05, 0) is 117 Å². The van der Waals surface area contributed by atoms with Gasteiger partial charge in [-0.15, -0.1) is 0 Å². The maximum atomic E-state index is 12.7. The third-order valence-electron chi connectivity index (χ3n) is 6.83. The molecular formula is C38H34O11. The van der Waals surface area contributed by atoms with Crippen molar-refractivity contribution in [3.63, 3.8) is 0 Å². The zero-order chi connectivity index (χ0) is 35.0. The van der Waals surface area contributed by atoms with Crippen molar-refractivity contribution in [2.24, 2.45) is 0 Å². The molecule has 0 heterocycles. The zero-order valence-corrected chi connectivity index (χ0v) is 26.8. The van der Waals surface area contributed by atoms with Crippen molar-refractivity contribution < 1.29 is 52.4 Å². The number of benzene rings is 4. The first-order chi connectivity index (χ1) is 23.7. The molecule has 0 aliphatic carbocycles. The number of rotatable bonds is 15. The average Bonchev–Trinajstić information content (AvgIpc) is 3.11. The molecular weight excluding hydrogens is 632 g/mol. The minimum absolute atomic E-state index is 0.174. The van der Waals surface area contributed by atoms with Gasteiger partial charge in [0.05, 0.1) is 29.9 Å². The molecule has 0 N–H and O–H groups in total. The van der Waals surface area contributed by atoms with Crippen molar-refractivity contribution >= 4 is 30.0 Å². The van der Waals surface area contributed by atoms with E-state index in [4.69, 9.17) is 28.4 Å². The van der Waals surface area contributed by atoms with Crippen molar-refractivity contribution in [1.29, 1.82) is 0 Å². The lowest BCUT2D eigenvalue weighted by Gasteiger charge is -2.10. The normalized spacial score (nSPS) is 10.3. The van der Waals surface area contributed by atoms with Gasteiger partial charge in [0, 0.05) is 6.08 Å². The Labute approximate surface area is 283 Å². The molecule has 0 radical (unpaired) electrons. The van der Waals surface area contributed by atoms with Gasteiger partial charge in [0.15, 0.2) is 0 Å². The largest absolute Gasteiger partial charge is 0.513 e. The van der Waals surface area contributed by atoms with Gasteiger partial charge in [0.1, 0.15) is 23.0 Å². The third-order valence-corrected chi connectivity index (χ3v) is 6.83. The van der Waals surface area contributed by atoms with Crippen LogP contribution in [0.1, 0.15) is 62.3 Å². The minimum atomic E-state index is -0.870. The highest BCUT2D eigenvalue weighted by Gasteiger charge is 2.15. The number of hydrogen-bond donors (Lipinski definition) is 0. The summed E-state index contributed by atoms with van der Waals surface area (Å²) in [5.41, 5.74) is 1.44. The lowest BCUT2D eigenvalue weighted by molar-refractivity contribution is -0.137. The third kappa shape index (κ3) is 11.5. The fraction of sp³-hybridized carbons (Fsp3) is 0.184. The molecule has 0 amide bonds. The van der Waals surface area contributed by atoms with Crippen molar-refractivity contribution in [3.05, 3.63) is 132 Å². The fourth-order valence-corrected chi connectivity index (χ4v) is 4.25. The smallest absolute Gasteiger partial charge is 0.463 e. The molecule has 4 rings (SSSR count). The van der Waals surface area contributed by atoms with Gasteiger partial charge in [0.25, 0.3) is 0 Å². The van der Waals surface area contributed by atoms with Crippen molar-refractivity contribution in [1.82, 2.24) is 0 Å². The molecule has 4 aromatic carbocycles. The molecule has 0 atom stereocenters. The summed E-state index contributed by atoms with van der Waals surface area (Å²) < 4.78 is 31.4. The maximum absolute atomic E-state index is 12.7. The molecule has 0 aromatic heterocycles. The highest BCUT2D eigenvalue weighted by atomic mass is 16.7. The van der Waals surface area contributed by atoms with Crippen LogP contribution in [0.5, 0.6) is 23.0 Å². The van der Waals surface area contributed by atoms with Crippen LogP contribution in [0.4, 0.5) is 4.79 Å². The van der Waals surface area contributed by atoms with Crippen LogP contribution in [0, 0.1) is 6.92 Å². The van der Waals surface area contributed by atoms with Crippen LogP contribution in [-0.4, -0.2) is 43.2 Å². The Morgan fingerprint density at radius 1 is 0.551 bits per heavy atom. The van der Waals surface area contributed by atoms with E-state index in [-0.39, 0.29) is 35.0 Å². The SMILES string of the molecule is C=CC(=O)OCCCCCCOC(=O)Oc1ccc(C(=O)Oc2ccc(C(=O)Oc3ccc(OC(=O)c4ccccc4)c(C)c3)cc2)cc1. The molecule has 11 nitrogen and oxygen atoms in total. The molecule has 0 saturated carbocycles. The maximum Gasteiger partial charge on any atom is 0.513 e. The van der Waals surface area contributed by atoms with Gasteiger partial charge in [0.2, 0.25) is 0 Å². The molecule has 0 aliphatic heterocycles. The Bertz CT molecular complexity index is 1760. The highest BCUT2D eigenvalue weighted by molar-refractivity contribution is 5.93. The first kappa shape index (κ1) is 35.6. The molecule has 0 unspecified atom stereocenters. The van der Waals surface area contributed by atoms with Crippen LogP contribution in [-0.2, 0) is 14.3 Å². The van der Waals surface area contributed by atoms with Crippen LogP contribution in [0.15, 0.2) is 110 Å². The second-order valence-corrected chi connectivity index (χ2v) is 10.5. The van der Waals surface area contributed by atoms with Gasteiger partial charge >= 0.3 is 30.0 Å². The summed E-state index contributed by atoms with van der Waals surface area (Å²) in [4.78, 5) is 60.6. The molecule has 0 aliphatic rings. The Balaban J connectivity index is 1.18. The van der Waals surface area contributed by atoms with Gasteiger partial charge < -0.3 is 28.4 Å². The van der Waals surface area contributed by atoms with E-state index in [1.165, 1.54) is 54.6 Å². The summed E-state index contributed by atoms with van der Waals surface area (Å²) in [6.07, 6.45) is 3.17. The number of carbonyl (C=O) groups is 5. The lowest BCUT2D eigenvalue weighted by atomic mass is 10.2. The van der Waals surface area contributed by atoms with Gasteiger partial charge in [-0.1, -0.05) is 24.8 Å². The number of carbonyl (C=O) groups excluding carboxylic acids is 5. The van der Waals surface area contributed by atoms with Crippen LogP contribution in [0.3, 0.4) is 0 Å². The fourth-order valence-electron chi connectivity index (χ4n) is 4.25. The van der Waals surface area contributed by atoms with E-state index in [0.29, 0.717) is 36.3 Å². The van der Waals surface area contributed by atoms with Crippen molar-refractivity contribution in [3.8, 4) is 23.0 Å². The van der Waals surface area contributed by atoms with Crippen LogP contribution < -0.4 is 18.9 Å². The standard InChI is InChI=1S/C38H34O11/c1-3-34(39)44-23-9-4-5-10-24-45-38(43)48-31-19-15-28(16-20-31)35(40)46-30-17-13-29(14-18-30)36(41)47-32-21-22-33(26(2)25-32)49-37(42)27-11-7-6-8-12-27/h3,6-8,11-22,25H,1,4-5,9-10,23-24H2,2H3. The molecule has 49 heavy (non-hydrogen) atoms. The number of aryl methyl sites for hydroxylation is 1. The number of unbranched alkanes of at least 4 members (excludes halogenated alkanes) is 3. The predicted octanol–water partition coefficient (Wildman–Crippen LogP) is 7.46. The lowest BCUT2D eigenvalue weighted by Crippen LogP contribution is -2.12. The molecule has 4 aromatic rings. The van der Waals surface area contributed by atoms with Gasteiger partial charge in [-0.2, -0.15) is 0 Å². The second-order valence-electron chi connectivity index (χ2n) is 10.5. The molecule has 0 spiro atoms. The molecule has 11 heteroatoms. The van der Waals surface area contributed by atoms with E-state index in [2.05, 4.69) is 6.58 Å². The zero-order valence-electron chi connectivity index (χ0n) is 26.8. The second kappa shape index (κ2) is 18.2. The van der Waals surface area contributed by atoms with Crippen LogP contribution >= 0.6 is 0 Å². The van der Waals surface area contributed by atoms with Gasteiger partial charge in [-0.25, -0.2) is 24.0 Å². The summed E-state index contributed by atoms with van der Waals surface area (Å²) >= 11 is 0. The summed E-state index contributed by atoms with van der Waals surface area (Å²) in [7, 11) is 0. The molecule has 252 valence electrons.